The van der Waals surface area contributed by atoms with Gasteiger partial charge in [0.05, 0.1) is 6.04 Å². The van der Waals surface area contributed by atoms with Crippen molar-refractivity contribution in [3.63, 3.8) is 0 Å². The molecule has 20 heavy (non-hydrogen) atoms. The lowest BCUT2D eigenvalue weighted by molar-refractivity contribution is 0.469. The maximum absolute atomic E-state index is 9.41. The van der Waals surface area contributed by atoms with E-state index in [1.54, 1.807) is 24.3 Å². The predicted molar refractivity (Wildman–Crippen MR) is 79.2 cm³/mol. The summed E-state index contributed by atoms with van der Waals surface area (Å²) in [6.45, 7) is 2.72. The highest BCUT2D eigenvalue weighted by Crippen LogP contribution is 2.30. The highest BCUT2D eigenvalue weighted by atomic mass is 16.3. The quantitative estimate of drug-likeness (QED) is 0.783. The molecule has 1 fully saturated rings. The molecule has 3 rings (SSSR count). The lowest BCUT2D eigenvalue weighted by atomic mass is 10.0. The second-order valence-electron chi connectivity index (χ2n) is 5.02. The van der Waals surface area contributed by atoms with Gasteiger partial charge in [-0.15, -0.1) is 0 Å². The number of aromatic hydroxyl groups is 2. The average Bonchev–Trinajstić information content (AvgIpc) is 2.49. The smallest absolute Gasteiger partial charge is 0.115 e. The second-order valence-corrected chi connectivity index (χ2v) is 5.02. The summed E-state index contributed by atoms with van der Waals surface area (Å²) in [6, 6.07) is 14.9. The average molecular weight is 270 g/mol. The molecule has 1 atom stereocenters. The lowest BCUT2D eigenvalue weighted by Crippen LogP contribution is -2.46. The van der Waals surface area contributed by atoms with Gasteiger partial charge in [-0.2, -0.15) is 0 Å². The number of nitrogens with one attached hydrogen (secondary N) is 1. The van der Waals surface area contributed by atoms with E-state index in [0.29, 0.717) is 0 Å². The molecule has 1 unspecified atom stereocenters. The molecule has 0 aromatic heterocycles. The van der Waals surface area contributed by atoms with Crippen molar-refractivity contribution in [2.45, 2.75) is 6.04 Å². The van der Waals surface area contributed by atoms with Gasteiger partial charge in [0.1, 0.15) is 11.5 Å². The molecule has 0 radical (unpaired) electrons. The van der Waals surface area contributed by atoms with Crippen molar-refractivity contribution >= 4 is 5.69 Å². The Morgan fingerprint density at radius 3 is 2.15 bits per heavy atom. The van der Waals surface area contributed by atoms with Gasteiger partial charge in [-0.25, -0.2) is 0 Å². The third kappa shape index (κ3) is 2.56. The highest BCUT2D eigenvalue weighted by Gasteiger charge is 2.23. The minimum Gasteiger partial charge on any atom is -0.508 e. The normalized spacial score (nSPS) is 19.0. The van der Waals surface area contributed by atoms with Gasteiger partial charge in [-0.3, -0.25) is 0 Å². The molecule has 1 heterocycles. The summed E-state index contributed by atoms with van der Waals surface area (Å²) < 4.78 is 0. The number of piperazine rings is 1. The van der Waals surface area contributed by atoms with Gasteiger partial charge < -0.3 is 20.4 Å². The maximum Gasteiger partial charge on any atom is 0.115 e. The summed E-state index contributed by atoms with van der Waals surface area (Å²) >= 11 is 0. The number of hydrogen-bond acceptors (Lipinski definition) is 4. The third-order valence-electron chi connectivity index (χ3n) is 3.70. The Hall–Kier alpha value is -2.20. The molecule has 0 saturated carbocycles. The fraction of sp³-hybridized carbons (Fsp3) is 0.250. The molecule has 4 nitrogen and oxygen atoms in total. The van der Waals surface area contributed by atoms with Crippen LogP contribution in [0.1, 0.15) is 11.6 Å². The first kappa shape index (κ1) is 12.8. The van der Waals surface area contributed by atoms with Gasteiger partial charge in [-0.05, 0) is 42.0 Å². The molecule has 104 valence electrons. The van der Waals surface area contributed by atoms with Crippen LogP contribution >= 0.6 is 0 Å². The van der Waals surface area contributed by atoms with Crippen LogP contribution in [-0.2, 0) is 0 Å². The van der Waals surface area contributed by atoms with Crippen LogP contribution < -0.4 is 10.2 Å². The molecular weight excluding hydrogens is 252 g/mol. The molecule has 4 heteroatoms. The molecule has 0 amide bonds. The molecule has 1 saturated heterocycles. The van der Waals surface area contributed by atoms with Crippen molar-refractivity contribution in [2.75, 3.05) is 24.5 Å². The van der Waals surface area contributed by atoms with Gasteiger partial charge in [0.15, 0.2) is 0 Å². The van der Waals surface area contributed by atoms with Crippen molar-refractivity contribution in [3.05, 3.63) is 54.1 Å². The number of phenolic OH excluding ortho intramolecular Hbond substituents is 2. The summed E-state index contributed by atoms with van der Waals surface area (Å²) in [6.07, 6.45) is 0. The van der Waals surface area contributed by atoms with E-state index in [2.05, 4.69) is 10.2 Å². The van der Waals surface area contributed by atoms with E-state index in [1.807, 2.05) is 24.3 Å². The van der Waals surface area contributed by atoms with Gasteiger partial charge >= 0.3 is 0 Å². The highest BCUT2D eigenvalue weighted by molar-refractivity contribution is 5.52. The fourth-order valence-corrected chi connectivity index (χ4v) is 2.65. The van der Waals surface area contributed by atoms with Gasteiger partial charge in [0.2, 0.25) is 0 Å². The molecule has 0 aliphatic carbocycles. The summed E-state index contributed by atoms with van der Waals surface area (Å²) in [5.74, 6) is 0.568. The number of phenols is 2. The minimum absolute atomic E-state index is 0.230. The first-order valence-electron chi connectivity index (χ1n) is 6.79. The van der Waals surface area contributed by atoms with E-state index in [0.717, 1.165) is 25.3 Å². The van der Waals surface area contributed by atoms with Crippen LogP contribution in [0, 0.1) is 0 Å². The summed E-state index contributed by atoms with van der Waals surface area (Å²) in [5, 5.41) is 22.2. The Morgan fingerprint density at radius 2 is 1.50 bits per heavy atom. The molecular formula is C16H18N2O2. The molecule has 1 aliphatic rings. The minimum atomic E-state index is 0.230. The second kappa shape index (κ2) is 5.43. The molecule has 2 aromatic rings. The van der Waals surface area contributed by atoms with E-state index in [-0.39, 0.29) is 17.5 Å². The van der Waals surface area contributed by atoms with Crippen molar-refractivity contribution in [1.82, 2.24) is 5.32 Å². The first-order chi connectivity index (χ1) is 9.74. The zero-order valence-electron chi connectivity index (χ0n) is 11.2. The molecule has 2 aromatic carbocycles. The molecule has 0 bridgehead atoms. The summed E-state index contributed by atoms with van der Waals surface area (Å²) in [5.41, 5.74) is 2.27. The van der Waals surface area contributed by atoms with Gasteiger partial charge in [0.25, 0.3) is 0 Å². The number of benzene rings is 2. The maximum atomic E-state index is 9.41. The number of hydrogen-bond donors (Lipinski definition) is 3. The SMILES string of the molecule is Oc1ccc(C2CNCCN2c2ccc(O)cc2)cc1. The Morgan fingerprint density at radius 1 is 0.900 bits per heavy atom. The largest absolute Gasteiger partial charge is 0.508 e. The standard InChI is InChI=1S/C16H18N2O2/c19-14-5-1-12(2-6-14)16-11-17-9-10-18(16)13-3-7-15(20)8-4-13/h1-8,16-17,19-20H,9-11H2. The first-order valence-corrected chi connectivity index (χ1v) is 6.79. The predicted octanol–water partition coefficient (Wildman–Crippen LogP) is 2.25. The van der Waals surface area contributed by atoms with Crippen LogP contribution in [0.2, 0.25) is 0 Å². The zero-order valence-corrected chi connectivity index (χ0v) is 11.2. The Balaban J connectivity index is 1.90. The fourth-order valence-electron chi connectivity index (χ4n) is 2.65. The van der Waals surface area contributed by atoms with Crippen molar-refractivity contribution in [3.8, 4) is 11.5 Å². The van der Waals surface area contributed by atoms with Crippen LogP contribution in [0.15, 0.2) is 48.5 Å². The Bertz CT molecular complexity index is 513. The molecule has 0 spiro atoms. The van der Waals surface area contributed by atoms with Crippen molar-refractivity contribution in [2.24, 2.45) is 0 Å². The monoisotopic (exact) mass is 270 g/mol. The molecule has 1 aliphatic heterocycles. The Labute approximate surface area is 118 Å². The van der Waals surface area contributed by atoms with E-state index in [4.69, 9.17) is 0 Å². The van der Waals surface area contributed by atoms with Crippen LogP contribution in [0.5, 0.6) is 11.5 Å². The van der Waals surface area contributed by atoms with Crippen molar-refractivity contribution in [1.29, 1.82) is 0 Å². The third-order valence-corrected chi connectivity index (χ3v) is 3.70. The van der Waals surface area contributed by atoms with Crippen molar-refractivity contribution < 1.29 is 10.2 Å². The van der Waals surface area contributed by atoms with E-state index >= 15 is 0 Å². The van der Waals surface area contributed by atoms with E-state index in [9.17, 15) is 10.2 Å². The van der Waals surface area contributed by atoms with E-state index in [1.165, 1.54) is 5.56 Å². The van der Waals surface area contributed by atoms with Crippen LogP contribution in [0.4, 0.5) is 5.69 Å². The van der Waals surface area contributed by atoms with E-state index < -0.39 is 0 Å². The number of rotatable bonds is 2. The van der Waals surface area contributed by atoms with Gasteiger partial charge in [0, 0.05) is 25.3 Å². The zero-order chi connectivity index (χ0) is 13.9. The number of nitrogens with zero attached hydrogens (tertiary/aromatic N) is 1. The topological polar surface area (TPSA) is 55.7 Å². The van der Waals surface area contributed by atoms with Crippen LogP contribution in [0.25, 0.3) is 0 Å². The number of anilines is 1. The van der Waals surface area contributed by atoms with Crippen LogP contribution in [0.3, 0.4) is 0 Å². The Kier molecular flexibility index (Phi) is 3.48. The summed E-state index contributed by atoms with van der Waals surface area (Å²) in [4.78, 5) is 2.32. The van der Waals surface area contributed by atoms with Crippen LogP contribution in [-0.4, -0.2) is 29.8 Å². The summed E-state index contributed by atoms with van der Waals surface area (Å²) in [7, 11) is 0. The van der Waals surface area contributed by atoms with Gasteiger partial charge in [-0.1, -0.05) is 12.1 Å². The lowest BCUT2D eigenvalue weighted by Gasteiger charge is -2.38. The molecule has 3 N–H and O–H groups in total.